The minimum atomic E-state index is 0.641. The Morgan fingerprint density at radius 2 is 2.44 bits per heavy atom. The SMILES string of the molecule is C=C(C)COCCNCc1c(C)nc2sccn12. The minimum absolute atomic E-state index is 0.641. The van der Waals surface area contributed by atoms with Crippen LogP contribution < -0.4 is 5.32 Å². The molecule has 2 heterocycles. The molecule has 2 aromatic rings. The number of fused-ring (bicyclic) bond motifs is 1. The van der Waals surface area contributed by atoms with Gasteiger partial charge in [-0.05, 0) is 13.8 Å². The largest absolute Gasteiger partial charge is 0.376 e. The number of hydrogen-bond acceptors (Lipinski definition) is 4. The van der Waals surface area contributed by atoms with Crippen LogP contribution in [-0.4, -0.2) is 29.1 Å². The first-order valence-corrected chi connectivity index (χ1v) is 6.90. The fourth-order valence-corrected chi connectivity index (χ4v) is 2.53. The highest BCUT2D eigenvalue weighted by molar-refractivity contribution is 7.15. The molecule has 0 amide bonds. The molecule has 0 unspecified atom stereocenters. The van der Waals surface area contributed by atoms with E-state index >= 15 is 0 Å². The Hall–Kier alpha value is -1.17. The van der Waals surface area contributed by atoms with Gasteiger partial charge in [0, 0.05) is 24.7 Å². The van der Waals surface area contributed by atoms with Gasteiger partial charge in [-0.2, -0.15) is 0 Å². The van der Waals surface area contributed by atoms with Crippen molar-refractivity contribution >= 4 is 16.3 Å². The van der Waals surface area contributed by atoms with Crippen molar-refractivity contribution in [3.63, 3.8) is 0 Å². The Kier molecular flexibility index (Phi) is 4.52. The van der Waals surface area contributed by atoms with Gasteiger partial charge in [-0.1, -0.05) is 12.2 Å². The molecule has 0 aliphatic heterocycles. The van der Waals surface area contributed by atoms with Crippen LogP contribution in [0, 0.1) is 6.92 Å². The van der Waals surface area contributed by atoms with Crippen LogP contribution in [0.15, 0.2) is 23.7 Å². The maximum atomic E-state index is 5.43. The number of imidazole rings is 1. The average Bonchev–Trinajstić information content (AvgIpc) is 2.85. The zero-order valence-electron chi connectivity index (χ0n) is 10.9. The van der Waals surface area contributed by atoms with E-state index in [-0.39, 0.29) is 0 Å². The zero-order valence-corrected chi connectivity index (χ0v) is 11.7. The van der Waals surface area contributed by atoms with Gasteiger partial charge in [0.05, 0.1) is 24.6 Å². The van der Waals surface area contributed by atoms with Gasteiger partial charge in [-0.15, -0.1) is 11.3 Å². The topological polar surface area (TPSA) is 38.6 Å². The zero-order chi connectivity index (χ0) is 13.0. The molecular weight excluding hydrogens is 246 g/mol. The number of thiazole rings is 1. The number of rotatable bonds is 7. The molecule has 4 nitrogen and oxygen atoms in total. The average molecular weight is 265 g/mol. The summed E-state index contributed by atoms with van der Waals surface area (Å²) in [6, 6.07) is 0. The molecule has 2 rings (SSSR count). The predicted octanol–water partition coefficient (Wildman–Crippen LogP) is 2.39. The molecule has 18 heavy (non-hydrogen) atoms. The van der Waals surface area contributed by atoms with Crippen LogP contribution in [0.3, 0.4) is 0 Å². The summed E-state index contributed by atoms with van der Waals surface area (Å²) in [5.41, 5.74) is 3.38. The maximum Gasteiger partial charge on any atom is 0.194 e. The van der Waals surface area contributed by atoms with Crippen molar-refractivity contribution in [3.05, 3.63) is 35.1 Å². The van der Waals surface area contributed by atoms with Crippen molar-refractivity contribution in [3.8, 4) is 0 Å². The second-order valence-electron chi connectivity index (χ2n) is 4.39. The smallest absolute Gasteiger partial charge is 0.194 e. The van der Waals surface area contributed by atoms with Gasteiger partial charge < -0.3 is 10.1 Å². The van der Waals surface area contributed by atoms with E-state index in [4.69, 9.17) is 4.74 Å². The summed E-state index contributed by atoms with van der Waals surface area (Å²) in [5.74, 6) is 0. The molecule has 5 heteroatoms. The van der Waals surface area contributed by atoms with Crippen molar-refractivity contribution in [1.82, 2.24) is 14.7 Å². The molecule has 0 saturated carbocycles. The highest BCUT2D eigenvalue weighted by Gasteiger charge is 2.08. The van der Waals surface area contributed by atoms with Crippen LogP contribution in [0.1, 0.15) is 18.3 Å². The normalized spacial score (nSPS) is 11.2. The van der Waals surface area contributed by atoms with Gasteiger partial charge in [0.25, 0.3) is 0 Å². The van der Waals surface area contributed by atoms with Crippen molar-refractivity contribution < 1.29 is 4.74 Å². The third kappa shape index (κ3) is 3.19. The van der Waals surface area contributed by atoms with Crippen LogP contribution in [0.5, 0.6) is 0 Å². The molecule has 0 bridgehead atoms. The van der Waals surface area contributed by atoms with E-state index in [1.807, 2.05) is 13.8 Å². The van der Waals surface area contributed by atoms with Gasteiger partial charge in [-0.3, -0.25) is 4.40 Å². The van der Waals surface area contributed by atoms with Crippen molar-refractivity contribution in [2.75, 3.05) is 19.8 Å². The van der Waals surface area contributed by atoms with Crippen molar-refractivity contribution in [2.24, 2.45) is 0 Å². The first-order valence-electron chi connectivity index (χ1n) is 6.02. The Bertz CT molecular complexity index is 529. The number of aromatic nitrogens is 2. The Morgan fingerprint density at radius 1 is 1.61 bits per heavy atom. The van der Waals surface area contributed by atoms with Crippen LogP contribution in [0.25, 0.3) is 4.96 Å². The summed E-state index contributed by atoms with van der Waals surface area (Å²) in [5, 5.41) is 5.43. The Morgan fingerprint density at radius 3 is 3.22 bits per heavy atom. The molecular formula is C13H19N3OS. The lowest BCUT2D eigenvalue weighted by Gasteiger charge is -2.06. The monoisotopic (exact) mass is 265 g/mol. The first kappa shape index (κ1) is 13.3. The lowest BCUT2D eigenvalue weighted by Crippen LogP contribution is -2.20. The summed E-state index contributed by atoms with van der Waals surface area (Å²) < 4.78 is 7.58. The molecule has 0 aliphatic rings. The van der Waals surface area contributed by atoms with Crippen LogP contribution in [0.2, 0.25) is 0 Å². The third-order valence-corrected chi connectivity index (χ3v) is 3.38. The lowest BCUT2D eigenvalue weighted by atomic mass is 10.3. The molecule has 0 spiro atoms. The second kappa shape index (κ2) is 6.13. The van der Waals surface area contributed by atoms with E-state index in [2.05, 4.69) is 32.9 Å². The first-order chi connectivity index (χ1) is 8.68. The molecule has 98 valence electrons. The molecule has 2 aromatic heterocycles. The minimum Gasteiger partial charge on any atom is -0.376 e. The van der Waals surface area contributed by atoms with E-state index in [1.165, 1.54) is 5.69 Å². The third-order valence-electron chi connectivity index (χ3n) is 2.63. The Balaban J connectivity index is 1.78. The summed E-state index contributed by atoms with van der Waals surface area (Å²) in [7, 11) is 0. The van der Waals surface area contributed by atoms with Gasteiger partial charge in [-0.25, -0.2) is 4.98 Å². The van der Waals surface area contributed by atoms with E-state index in [0.29, 0.717) is 13.2 Å². The lowest BCUT2D eigenvalue weighted by molar-refractivity contribution is 0.157. The number of hydrogen-bond donors (Lipinski definition) is 1. The molecule has 0 radical (unpaired) electrons. The van der Waals surface area contributed by atoms with Crippen LogP contribution in [-0.2, 0) is 11.3 Å². The highest BCUT2D eigenvalue weighted by Crippen LogP contribution is 2.16. The van der Waals surface area contributed by atoms with Gasteiger partial charge in [0.1, 0.15) is 0 Å². The summed E-state index contributed by atoms with van der Waals surface area (Å²) in [4.78, 5) is 5.57. The van der Waals surface area contributed by atoms with Crippen molar-refractivity contribution in [1.29, 1.82) is 0 Å². The van der Waals surface area contributed by atoms with Crippen LogP contribution in [0.4, 0.5) is 0 Å². The molecule has 0 aromatic carbocycles. The number of nitrogens with one attached hydrogen (secondary N) is 1. The Labute approximate surface area is 111 Å². The van der Waals surface area contributed by atoms with Crippen molar-refractivity contribution in [2.45, 2.75) is 20.4 Å². The number of nitrogens with zero attached hydrogens (tertiary/aromatic N) is 2. The van der Waals surface area contributed by atoms with E-state index in [9.17, 15) is 0 Å². The molecule has 0 atom stereocenters. The van der Waals surface area contributed by atoms with E-state index in [0.717, 1.165) is 29.3 Å². The number of aryl methyl sites for hydroxylation is 1. The fraction of sp³-hybridized carbons (Fsp3) is 0.462. The molecule has 1 N–H and O–H groups in total. The standard InChI is InChI=1S/C13H19N3OS/c1-10(2)9-17-6-4-14-8-12-11(3)15-13-16(12)5-7-18-13/h5,7,14H,1,4,6,8-9H2,2-3H3. The fourth-order valence-electron chi connectivity index (χ4n) is 1.75. The summed E-state index contributed by atoms with van der Waals surface area (Å²) in [6.07, 6.45) is 2.06. The summed E-state index contributed by atoms with van der Waals surface area (Å²) in [6.45, 7) is 10.8. The second-order valence-corrected chi connectivity index (χ2v) is 5.26. The highest BCUT2D eigenvalue weighted by atomic mass is 32.1. The number of ether oxygens (including phenoxy) is 1. The van der Waals surface area contributed by atoms with E-state index in [1.54, 1.807) is 11.3 Å². The molecule has 0 fully saturated rings. The van der Waals surface area contributed by atoms with Gasteiger partial charge >= 0.3 is 0 Å². The van der Waals surface area contributed by atoms with Gasteiger partial charge in [0.2, 0.25) is 0 Å². The maximum absolute atomic E-state index is 5.43. The predicted molar refractivity (Wildman–Crippen MR) is 75.1 cm³/mol. The van der Waals surface area contributed by atoms with Crippen LogP contribution >= 0.6 is 11.3 Å². The van der Waals surface area contributed by atoms with Gasteiger partial charge in [0.15, 0.2) is 4.96 Å². The summed E-state index contributed by atoms with van der Waals surface area (Å²) >= 11 is 1.66. The molecule has 0 saturated heterocycles. The van der Waals surface area contributed by atoms with E-state index < -0.39 is 0 Å². The quantitative estimate of drug-likeness (QED) is 0.617. The molecule has 0 aliphatic carbocycles.